The third-order valence-electron chi connectivity index (χ3n) is 4.92. The molecule has 0 bridgehead atoms. The Morgan fingerprint density at radius 2 is 2.30 bits per heavy atom. The van der Waals surface area contributed by atoms with E-state index in [0.717, 1.165) is 54.3 Å². The van der Waals surface area contributed by atoms with Crippen LogP contribution in [0.3, 0.4) is 0 Å². The third kappa shape index (κ3) is 5.38. The van der Waals surface area contributed by atoms with Gasteiger partial charge in [-0.1, -0.05) is 31.5 Å². The predicted octanol–water partition coefficient (Wildman–Crippen LogP) is 2.22. The molecular formula is C19H28N6OS. The topological polar surface area (TPSA) is 95.1 Å². The smallest absolute Gasteiger partial charge is 0.191 e. The van der Waals surface area contributed by atoms with Crippen molar-refractivity contribution in [3.05, 3.63) is 36.2 Å². The zero-order chi connectivity index (χ0) is 19.1. The molecule has 0 spiro atoms. The molecule has 146 valence electrons. The normalized spacial score (nSPS) is 21.6. The van der Waals surface area contributed by atoms with Crippen LogP contribution >= 0.6 is 0 Å². The van der Waals surface area contributed by atoms with E-state index in [1.807, 2.05) is 19.1 Å². The summed E-state index contributed by atoms with van der Waals surface area (Å²) >= 11 is 0. The number of benzene rings is 1. The van der Waals surface area contributed by atoms with Gasteiger partial charge >= 0.3 is 0 Å². The average molecular weight is 389 g/mol. The molecule has 1 heterocycles. The molecular weight excluding hydrogens is 360 g/mol. The minimum atomic E-state index is -0.716. The minimum absolute atomic E-state index is 0.304. The second-order valence-corrected chi connectivity index (χ2v) is 8.77. The molecule has 0 amide bonds. The van der Waals surface area contributed by atoms with Crippen molar-refractivity contribution in [2.75, 3.05) is 12.8 Å². The lowest BCUT2D eigenvalue weighted by molar-refractivity contribution is 0.413. The number of guanidine groups is 1. The predicted molar refractivity (Wildman–Crippen MR) is 110 cm³/mol. The van der Waals surface area contributed by atoms with Crippen molar-refractivity contribution < 1.29 is 4.21 Å². The second-order valence-electron chi connectivity index (χ2n) is 6.76. The van der Waals surface area contributed by atoms with E-state index < -0.39 is 10.8 Å². The van der Waals surface area contributed by atoms with Crippen molar-refractivity contribution in [1.29, 1.82) is 0 Å². The van der Waals surface area contributed by atoms with E-state index in [1.54, 1.807) is 7.05 Å². The van der Waals surface area contributed by atoms with E-state index in [2.05, 4.69) is 42.9 Å². The number of hydrogen-bond donors (Lipinski definition) is 3. The van der Waals surface area contributed by atoms with Gasteiger partial charge in [-0.2, -0.15) is 5.10 Å². The molecule has 3 unspecified atom stereocenters. The van der Waals surface area contributed by atoms with Crippen molar-refractivity contribution >= 4 is 16.8 Å². The molecule has 0 saturated heterocycles. The Labute approximate surface area is 162 Å². The van der Waals surface area contributed by atoms with Crippen LogP contribution in [0.5, 0.6) is 0 Å². The van der Waals surface area contributed by atoms with Crippen molar-refractivity contribution in [1.82, 2.24) is 25.8 Å². The van der Waals surface area contributed by atoms with Crippen molar-refractivity contribution in [3.8, 4) is 11.4 Å². The fourth-order valence-electron chi connectivity index (χ4n) is 3.50. The van der Waals surface area contributed by atoms with Crippen LogP contribution in [-0.2, 0) is 17.3 Å². The molecule has 3 atom stereocenters. The quantitative estimate of drug-likeness (QED) is 0.521. The fraction of sp³-hybridized carbons (Fsp3) is 0.526. The van der Waals surface area contributed by atoms with Gasteiger partial charge in [-0.05, 0) is 30.9 Å². The number of aromatic amines is 1. The number of hydrogen-bond acceptors (Lipinski definition) is 4. The summed E-state index contributed by atoms with van der Waals surface area (Å²) in [4.78, 5) is 8.55. The van der Waals surface area contributed by atoms with E-state index in [1.165, 1.54) is 6.33 Å². The Bertz CT molecular complexity index is 776. The monoisotopic (exact) mass is 388 g/mol. The first-order valence-electron chi connectivity index (χ1n) is 9.48. The summed E-state index contributed by atoms with van der Waals surface area (Å²) in [5.41, 5.74) is 2.15. The van der Waals surface area contributed by atoms with Gasteiger partial charge in [0.15, 0.2) is 11.8 Å². The highest BCUT2D eigenvalue weighted by molar-refractivity contribution is 7.85. The summed E-state index contributed by atoms with van der Waals surface area (Å²) < 4.78 is 12.1. The lowest BCUT2D eigenvalue weighted by Gasteiger charge is -2.30. The number of aromatic nitrogens is 3. The average Bonchev–Trinajstić information content (AvgIpc) is 3.26. The van der Waals surface area contributed by atoms with E-state index in [9.17, 15) is 4.21 Å². The molecule has 2 aromatic rings. The van der Waals surface area contributed by atoms with Gasteiger partial charge in [-0.3, -0.25) is 14.3 Å². The fourth-order valence-corrected chi connectivity index (χ4v) is 4.85. The zero-order valence-electron chi connectivity index (χ0n) is 15.9. The first-order valence-corrected chi connectivity index (χ1v) is 10.9. The highest BCUT2D eigenvalue weighted by Crippen LogP contribution is 2.23. The third-order valence-corrected chi connectivity index (χ3v) is 6.66. The Kier molecular flexibility index (Phi) is 6.98. The van der Waals surface area contributed by atoms with E-state index in [0.29, 0.717) is 17.8 Å². The van der Waals surface area contributed by atoms with E-state index >= 15 is 0 Å². The Balaban J connectivity index is 1.55. The summed E-state index contributed by atoms with van der Waals surface area (Å²) in [7, 11) is 1.07. The van der Waals surface area contributed by atoms with Gasteiger partial charge in [-0.15, -0.1) is 0 Å². The summed E-state index contributed by atoms with van der Waals surface area (Å²) in [6.07, 6.45) is 5.74. The highest BCUT2D eigenvalue weighted by Gasteiger charge is 2.26. The van der Waals surface area contributed by atoms with E-state index in [4.69, 9.17) is 0 Å². The lowest BCUT2D eigenvalue weighted by atomic mass is 9.95. The van der Waals surface area contributed by atoms with Gasteiger partial charge < -0.3 is 10.6 Å². The molecule has 8 heteroatoms. The Hall–Kier alpha value is -2.22. The first kappa shape index (κ1) is 19.5. The number of nitrogens with zero attached hydrogens (tertiary/aromatic N) is 3. The second kappa shape index (κ2) is 9.64. The van der Waals surface area contributed by atoms with Crippen LogP contribution in [0.1, 0.15) is 38.2 Å². The van der Waals surface area contributed by atoms with Gasteiger partial charge in [0.05, 0.1) is 0 Å². The van der Waals surface area contributed by atoms with Gasteiger partial charge in [0, 0.05) is 47.0 Å². The first-order chi connectivity index (χ1) is 13.2. The van der Waals surface area contributed by atoms with Crippen LogP contribution in [0, 0.1) is 0 Å². The molecule has 1 aliphatic carbocycles. The van der Waals surface area contributed by atoms with Crippen LogP contribution in [-0.4, -0.2) is 49.4 Å². The van der Waals surface area contributed by atoms with Crippen LogP contribution in [0.15, 0.2) is 35.6 Å². The largest absolute Gasteiger partial charge is 0.354 e. The van der Waals surface area contributed by atoms with E-state index in [-0.39, 0.29) is 0 Å². The molecule has 1 aromatic carbocycles. The number of H-pyrrole nitrogens is 1. The zero-order valence-corrected chi connectivity index (χ0v) is 16.8. The van der Waals surface area contributed by atoms with Crippen LogP contribution in [0.4, 0.5) is 0 Å². The maximum absolute atomic E-state index is 12.1. The maximum Gasteiger partial charge on any atom is 0.191 e. The molecule has 3 N–H and O–H groups in total. The van der Waals surface area contributed by atoms with Crippen LogP contribution < -0.4 is 10.6 Å². The molecule has 3 rings (SSSR count). The van der Waals surface area contributed by atoms with Crippen molar-refractivity contribution in [3.63, 3.8) is 0 Å². The maximum atomic E-state index is 12.1. The summed E-state index contributed by atoms with van der Waals surface area (Å²) in [6, 6.07) is 8.50. The molecule has 0 aliphatic heterocycles. The number of aliphatic imine (C=N–C) groups is 1. The summed E-state index contributed by atoms with van der Waals surface area (Å²) in [5, 5.41) is 14.0. The number of nitrogens with one attached hydrogen (secondary N) is 3. The molecule has 0 radical (unpaired) electrons. The van der Waals surface area contributed by atoms with Crippen molar-refractivity contribution in [2.45, 2.75) is 50.4 Å². The molecule has 1 saturated carbocycles. The lowest BCUT2D eigenvalue weighted by Crippen LogP contribution is -2.46. The molecule has 1 fully saturated rings. The van der Waals surface area contributed by atoms with Crippen LogP contribution in [0.25, 0.3) is 11.4 Å². The molecule has 7 nitrogen and oxygen atoms in total. The molecule has 27 heavy (non-hydrogen) atoms. The van der Waals surface area contributed by atoms with Crippen molar-refractivity contribution in [2.24, 2.45) is 4.99 Å². The minimum Gasteiger partial charge on any atom is -0.354 e. The Morgan fingerprint density at radius 3 is 3.04 bits per heavy atom. The molecule has 1 aliphatic rings. The van der Waals surface area contributed by atoms with Gasteiger partial charge in [-0.25, -0.2) is 4.98 Å². The number of rotatable bonds is 6. The standard InChI is InChI=1S/C19H28N6OS/c1-3-27(26)17-9-5-8-16(11-17)24-19(20-2)21-12-14-6-4-7-15(10-14)18-22-13-23-25-18/h4,6-7,10,13,16-17H,3,5,8-9,11-12H2,1-2H3,(H2,20,21,24)(H,22,23,25). The Morgan fingerprint density at radius 1 is 1.41 bits per heavy atom. The SMILES string of the molecule is CCS(=O)C1CCCC(NC(=NC)NCc2cccc(-c3ncn[nH]3)c2)C1. The van der Waals surface area contributed by atoms with Gasteiger partial charge in [0.2, 0.25) is 0 Å². The van der Waals surface area contributed by atoms with Gasteiger partial charge in [0.1, 0.15) is 6.33 Å². The summed E-state index contributed by atoms with van der Waals surface area (Å²) in [6.45, 7) is 2.67. The molecule has 1 aromatic heterocycles. The summed E-state index contributed by atoms with van der Waals surface area (Å²) in [5.74, 6) is 2.29. The van der Waals surface area contributed by atoms with Gasteiger partial charge in [0.25, 0.3) is 0 Å². The van der Waals surface area contributed by atoms with Crippen LogP contribution in [0.2, 0.25) is 0 Å². The highest BCUT2D eigenvalue weighted by atomic mass is 32.2.